The van der Waals surface area contributed by atoms with Gasteiger partial charge in [-0.1, -0.05) is 15.9 Å². The minimum atomic E-state index is -4.19. The van der Waals surface area contributed by atoms with E-state index in [1.54, 1.807) is 6.07 Å². The molecular weight excluding hydrogens is 349 g/mol. The summed E-state index contributed by atoms with van der Waals surface area (Å²) in [6, 6.07) is 3.43. The second kappa shape index (κ2) is 7.33. The third-order valence-electron chi connectivity index (χ3n) is 2.37. The van der Waals surface area contributed by atoms with Crippen LogP contribution in [0.3, 0.4) is 0 Å². The molecule has 8 heteroatoms. The van der Waals surface area contributed by atoms with Crippen molar-refractivity contribution in [2.24, 2.45) is 5.73 Å². The molecular formula is C12H13BrF5NO. The van der Waals surface area contributed by atoms with Crippen LogP contribution in [0.1, 0.15) is 5.56 Å². The third kappa shape index (κ3) is 5.72. The number of hydrogen-bond acceptors (Lipinski definition) is 2. The van der Waals surface area contributed by atoms with E-state index in [9.17, 15) is 22.0 Å². The van der Waals surface area contributed by atoms with E-state index >= 15 is 0 Å². The van der Waals surface area contributed by atoms with Crippen molar-refractivity contribution < 1.29 is 26.7 Å². The Hall–Kier alpha value is -0.730. The van der Waals surface area contributed by atoms with Crippen LogP contribution in [-0.2, 0) is 11.2 Å². The molecule has 0 amide bonds. The molecule has 0 heterocycles. The Bertz CT molecular complexity index is 424. The number of ether oxygens (including phenoxy) is 1. The highest BCUT2D eigenvalue weighted by atomic mass is 79.9. The largest absolute Gasteiger partial charge is 0.373 e. The van der Waals surface area contributed by atoms with Gasteiger partial charge in [-0.15, -0.1) is 0 Å². The normalized spacial score (nSPS) is 13.8. The minimum absolute atomic E-state index is 0.177. The molecule has 0 aliphatic carbocycles. The third-order valence-corrected chi connectivity index (χ3v) is 2.82. The highest BCUT2D eigenvalue weighted by Gasteiger charge is 2.41. The van der Waals surface area contributed by atoms with Crippen LogP contribution in [0.2, 0.25) is 0 Å². The molecule has 2 nitrogen and oxygen atoms in total. The fraction of sp³-hybridized carbons (Fsp3) is 0.500. The van der Waals surface area contributed by atoms with Gasteiger partial charge in [0.15, 0.2) is 0 Å². The maximum atomic E-state index is 13.1. The van der Waals surface area contributed by atoms with Crippen LogP contribution in [0.4, 0.5) is 22.0 Å². The summed E-state index contributed by atoms with van der Waals surface area (Å²) < 4.78 is 66.9. The molecule has 1 unspecified atom stereocenters. The molecule has 0 saturated carbocycles. The van der Waals surface area contributed by atoms with Gasteiger partial charge in [-0.3, -0.25) is 0 Å². The molecule has 0 fully saturated rings. The van der Waals surface area contributed by atoms with Gasteiger partial charge in [0.25, 0.3) is 0 Å². The topological polar surface area (TPSA) is 35.2 Å². The van der Waals surface area contributed by atoms with Crippen molar-refractivity contribution in [2.75, 3.05) is 13.2 Å². The zero-order chi connectivity index (χ0) is 15.3. The second-order valence-corrected chi connectivity index (χ2v) is 5.23. The first-order valence-electron chi connectivity index (χ1n) is 5.65. The Balaban J connectivity index is 2.42. The van der Waals surface area contributed by atoms with Crippen LogP contribution >= 0.6 is 15.9 Å². The van der Waals surface area contributed by atoms with Crippen LogP contribution in [-0.4, -0.2) is 31.6 Å². The van der Waals surface area contributed by atoms with Crippen LogP contribution in [0.5, 0.6) is 0 Å². The summed E-state index contributed by atoms with van der Waals surface area (Å²) in [5.74, 6) is -4.66. The van der Waals surface area contributed by atoms with Gasteiger partial charge >= 0.3 is 12.3 Å². The molecule has 0 spiro atoms. The van der Waals surface area contributed by atoms with E-state index in [4.69, 9.17) is 5.73 Å². The molecule has 0 saturated heterocycles. The summed E-state index contributed by atoms with van der Waals surface area (Å²) in [4.78, 5) is 0. The fourth-order valence-corrected chi connectivity index (χ4v) is 2.01. The van der Waals surface area contributed by atoms with Gasteiger partial charge in [0.1, 0.15) is 12.4 Å². The smallest absolute Gasteiger partial charge is 0.330 e. The molecule has 1 aromatic carbocycles. The molecule has 0 aliphatic rings. The van der Waals surface area contributed by atoms with Crippen LogP contribution in [0.15, 0.2) is 22.7 Å². The highest BCUT2D eigenvalue weighted by Crippen LogP contribution is 2.23. The number of benzene rings is 1. The predicted molar refractivity (Wildman–Crippen MR) is 67.5 cm³/mol. The maximum Gasteiger partial charge on any atom is 0.330 e. The standard InChI is InChI=1S/C12H13BrF5NO/c13-8-1-7(2-9(14)4-8)3-10(19)5-20-6-12(17,18)11(15)16/h1-2,4,10-11H,3,5-6,19H2. The average molecular weight is 362 g/mol. The van der Waals surface area contributed by atoms with Crippen molar-refractivity contribution in [3.63, 3.8) is 0 Å². The van der Waals surface area contributed by atoms with E-state index in [1.807, 2.05) is 0 Å². The lowest BCUT2D eigenvalue weighted by Gasteiger charge is -2.17. The second-order valence-electron chi connectivity index (χ2n) is 4.32. The van der Waals surface area contributed by atoms with E-state index in [1.165, 1.54) is 12.1 Å². The highest BCUT2D eigenvalue weighted by molar-refractivity contribution is 9.10. The van der Waals surface area contributed by atoms with Crippen molar-refractivity contribution in [3.8, 4) is 0 Å². The lowest BCUT2D eigenvalue weighted by atomic mass is 10.1. The molecule has 1 atom stereocenters. The van der Waals surface area contributed by atoms with Gasteiger partial charge in [-0.2, -0.15) is 8.78 Å². The zero-order valence-electron chi connectivity index (χ0n) is 10.3. The Kier molecular flexibility index (Phi) is 6.35. The number of rotatable bonds is 7. The fourth-order valence-electron chi connectivity index (χ4n) is 1.50. The van der Waals surface area contributed by atoms with Gasteiger partial charge in [0.2, 0.25) is 0 Å². The summed E-state index contributed by atoms with van der Waals surface area (Å²) in [7, 11) is 0. The zero-order valence-corrected chi connectivity index (χ0v) is 11.8. The number of alkyl halides is 4. The van der Waals surface area contributed by atoms with E-state index < -0.39 is 30.8 Å². The molecule has 0 aromatic heterocycles. The van der Waals surface area contributed by atoms with Gasteiger partial charge < -0.3 is 10.5 Å². The van der Waals surface area contributed by atoms with E-state index in [2.05, 4.69) is 20.7 Å². The molecule has 2 N–H and O–H groups in total. The van der Waals surface area contributed by atoms with Gasteiger partial charge in [0.05, 0.1) is 6.61 Å². The van der Waals surface area contributed by atoms with Crippen molar-refractivity contribution in [3.05, 3.63) is 34.1 Å². The van der Waals surface area contributed by atoms with Gasteiger partial charge in [-0.25, -0.2) is 13.2 Å². The summed E-state index contributed by atoms with van der Waals surface area (Å²) in [6.45, 7) is -1.72. The molecule has 1 rings (SSSR count). The van der Waals surface area contributed by atoms with E-state index in [-0.39, 0.29) is 13.0 Å². The summed E-state index contributed by atoms with van der Waals surface area (Å²) in [6.07, 6.45) is -3.60. The SMILES string of the molecule is NC(COCC(F)(F)C(F)F)Cc1cc(F)cc(Br)c1. The number of nitrogens with two attached hydrogens (primary N) is 1. The summed E-state index contributed by atoms with van der Waals surface area (Å²) in [5.41, 5.74) is 6.17. The van der Waals surface area contributed by atoms with Crippen molar-refractivity contribution >= 4 is 15.9 Å². The lowest BCUT2D eigenvalue weighted by Crippen LogP contribution is -2.36. The Morgan fingerprint density at radius 1 is 1.25 bits per heavy atom. The molecule has 1 aromatic rings. The minimum Gasteiger partial charge on any atom is -0.373 e. The quantitative estimate of drug-likeness (QED) is 0.755. The van der Waals surface area contributed by atoms with Crippen molar-refractivity contribution in [1.82, 2.24) is 0 Å². The Morgan fingerprint density at radius 3 is 2.45 bits per heavy atom. The van der Waals surface area contributed by atoms with Crippen LogP contribution in [0.25, 0.3) is 0 Å². The first-order valence-corrected chi connectivity index (χ1v) is 6.44. The van der Waals surface area contributed by atoms with E-state index in [0.29, 0.717) is 10.0 Å². The van der Waals surface area contributed by atoms with Crippen molar-refractivity contribution in [2.45, 2.75) is 24.8 Å². The monoisotopic (exact) mass is 361 g/mol. The molecule has 0 bridgehead atoms. The first-order chi connectivity index (χ1) is 9.20. The van der Waals surface area contributed by atoms with E-state index in [0.717, 1.165) is 0 Å². The van der Waals surface area contributed by atoms with Gasteiger partial charge in [0, 0.05) is 10.5 Å². The molecule has 114 valence electrons. The molecule has 0 radical (unpaired) electrons. The Morgan fingerprint density at radius 2 is 1.90 bits per heavy atom. The first kappa shape index (κ1) is 17.3. The Labute approximate surface area is 121 Å². The molecule has 0 aliphatic heterocycles. The maximum absolute atomic E-state index is 13.1. The summed E-state index contributed by atoms with van der Waals surface area (Å²) >= 11 is 3.10. The van der Waals surface area contributed by atoms with Crippen molar-refractivity contribution in [1.29, 1.82) is 0 Å². The lowest BCUT2D eigenvalue weighted by molar-refractivity contribution is -0.166. The average Bonchev–Trinajstić information content (AvgIpc) is 2.26. The van der Waals surface area contributed by atoms with Crippen LogP contribution in [0, 0.1) is 5.82 Å². The summed E-state index contributed by atoms with van der Waals surface area (Å²) in [5, 5.41) is 0. The predicted octanol–water partition coefficient (Wildman–Crippen LogP) is 3.38. The van der Waals surface area contributed by atoms with Gasteiger partial charge in [-0.05, 0) is 30.2 Å². The number of hydrogen-bond donors (Lipinski definition) is 1. The van der Waals surface area contributed by atoms with Crippen LogP contribution < -0.4 is 5.73 Å². The number of halogens is 6. The molecule has 20 heavy (non-hydrogen) atoms.